The van der Waals surface area contributed by atoms with Crippen LogP contribution in [-0.2, 0) is 6.61 Å². The zero-order valence-electron chi connectivity index (χ0n) is 11.3. The van der Waals surface area contributed by atoms with Crippen LogP contribution in [0.2, 0.25) is 0 Å². The first-order valence-electron chi connectivity index (χ1n) is 6.31. The number of hydrogen-bond donors (Lipinski definition) is 1. The molecule has 0 fully saturated rings. The smallest absolute Gasteiger partial charge is 0.276 e. The second kappa shape index (κ2) is 6.32. The van der Waals surface area contributed by atoms with Crippen LogP contribution >= 0.6 is 0 Å². The van der Waals surface area contributed by atoms with Crippen molar-refractivity contribution in [3.8, 4) is 5.75 Å². The number of ether oxygens (including phenoxy) is 1. The maximum Gasteiger partial charge on any atom is 0.276 e. The minimum atomic E-state index is -0.827. The topological polar surface area (TPSA) is 72.6 Å². The largest absolute Gasteiger partial charge is 0.488 e. The van der Waals surface area contributed by atoms with E-state index in [4.69, 9.17) is 4.74 Å². The maximum absolute atomic E-state index is 13.3. The Bertz CT molecular complexity index is 658. The predicted molar refractivity (Wildman–Crippen MR) is 74.5 cm³/mol. The fourth-order valence-electron chi connectivity index (χ4n) is 1.94. The van der Waals surface area contributed by atoms with Gasteiger partial charge >= 0.3 is 0 Å². The van der Waals surface area contributed by atoms with Gasteiger partial charge in [-0.15, -0.1) is 0 Å². The van der Waals surface area contributed by atoms with Gasteiger partial charge in [-0.2, -0.15) is 0 Å². The van der Waals surface area contributed by atoms with Gasteiger partial charge in [-0.25, -0.2) is 4.39 Å². The number of benzene rings is 2. The van der Waals surface area contributed by atoms with Gasteiger partial charge in [0.25, 0.3) is 5.69 Å². The molecule has 6 heteroatoms. The Hall–Kier alpha value is -2.47. The minimum Gasteiger partial charge on any atom is -0.488 e. The highest BCUT2D eigenvalue weighted by Crippen LogP contribution is 2.28. The Morgan fingerprint density at radius 2 is 2.05 bits per heavy atom. The summed E-state index contributed by atoms with van der Waals surface area (Å²) in [5.74, 6) is -0.333. The summed E-state index contributed by atoms with van der Waals surface area (Å²) in [5.41, 5.74) is 0.741. The van der Waals surface area contributed by atoms with E-state index < -0.39 is 16.8 Å². The number of para-hydroxylation sites is 1. The van der Waals surface area contributed by atoms with Crippen LogP contribution in [0.15, 0.2) is 42.5 Å². The van der Waals surface area contributed by atoms with Crippen LogP contribution < -0.4 is 4.74 Å². The van der Waals surface area contributed by atoms with Gasteiger partial charge in [0, 0.05) is 17.7 Å². The fourth-order valence-corrected chi connectivity index (χ4v) is 1.94. The lowest BCUT2D eigenvalue weighted by Crippen LogP contribution is -2.03. The summed E-state index contributed by atoms with van der Waals surface area (Å²) in [5, 5.41) is 20.5. The monoisotopic (exact) mass is 291 g/mol. The highest BCUT2D eigenvalue weighted by molar-refractivity contribution is 5.40. The average Bonchev–Trinajstić information content (AvgIpc) is 2.45. The number of nitro benzene ring substituents is 1. The number of rotatable bonds is 5. The lowest BCUT2D eigenvalue weighted by molar-refractivity contribution is -0.385. The van der Waals surface area contributed by atoms with E-state index in [-0.39, 0.29) is 18.0 Å². The quantitative estimate of drug-likeness (QED) is 0.677. The Morgan fingerprint density at radius 3 is 2.71 bits per heavy atom. The van der Waals surface area contributed by atoms with Crippen molar-refractivity contribution >= 4 is 5.69 Å². The molecule has 0 saturated heterocycles. The second-order valence-electron chi connectivity index (χ2n) is 4.53. The van der Waals surface area contributed by atoms with Crippen LogP contribution in [0.25, 0.3) is 0 Å². The summed E-state index contributed by atoms with van der Waals surface area (Å²) in [7, 11) is 0. The summed E-state index contributed by atoms with van der Waals surface area (Å²) in [4.78, 5) is 10.4. The molecule has 0 heterocycles. The molecule has 2 rings (SSSR count). The number of nitrogens with zero attached hydrogens (tertiary/aromatic N) is 1. The molecule has 2 aromatic carbocycles. The van der Waals surface area contributed by atoms with Crippen LogP contribution in [-0.4, -0.2) is 10.0 Å². The molecule has 110 valence electrons. The average molecular weight is 291 g/mol. The van der Waals surface area contributed by atoms with E-state index in [1.165, 1.54) is 25.1 Å². The molecular weight excluding hydrogens is 277 g/mol. The van der Waals surface area contributed by atoms with E-state index in [0.29, 0.717) is 11.1 Å². The molecule has 5 nitrogen and oxygen atoms in total. The Balaban J connectivity index is 2.24. The van der Waals surface area contributed by atoms with Crippen LogP contribution in [0, 0.1) is 15.9 Å². The lowest BCUT2D eigenvalue weighted by atomic mass is 10.1. The molecule has 2 aromatic rings. The van der Waals surface area contributed by atoms with E-state index in [1.54, 1.807) is 18.2 Å². The van der Waals surface area contributed by atoms with E-state index >= 15 is 0 Å². The molecule has 0 bridgehead atoms. The van der Waals surface area contributed by atoms with Gasteiger partial charge in [0.15, 0.2) is 0 Å². The minimum absolute atomic E-state index is 0.0625. The molecule has 0 unspecified atom stereocenters. The number of nitro groups is 1. The van der Waals surface area contributed by atoms with Gasteiger partial charge in [-0.1, -0.05) is 12.1 Å². The molecule has 0 amide bonds. The number of hydrogen-bond acceptors (Lipinski definition) is 4. The molecule has 1 N–H and O–H groups in total. The van der Waals surface area contributed by atoms with E-state index in [0.717, 1.165) is 6.07 Å². The van der Waals surface area contributed by atoms with Gasteiger partial charge < -0.3 is 9.84 Å². The van der Waals surface area contributed by atoms with E-state index in [9.17, 15) is 19.6 Å². The van der Waals surface area contributed by atoms with Crippen molar-refractivity contribution in [2.75, 3.05) is 0 Å². The number of aliphatic hydroxyl groups is 1. The maximum atomic E-state index is 13.3. The first-order valence-corrected chi connectivity index (χ1v) is 6.31. The SMILES string of the molecule is C[C@@H](O)c1ccc(F)cc1OCc1ccccc1[N+](=O)[O-]. The van der Waals surface area contributed by atoms with Crippen LogP contribution in [0.3, 0.4) is 0 Å². The summed E-state index contributed by atoms with van der Waals surface area (Å²) in [6.07, 6.45) is -0.827. The molecule has 0 radical (unpaired) electrons. The van der Waals surface area contributed by atoms with Crippen molar-refractivity contribution in [1.29, 1.82) is 0 Å². The molecule has 0 saturated carbocycles. The fraction of sp³-hybridized carbons (Fsp3) is 0.200. The van der Waals surface area contributed by atoms with Crippen molar-refractivity contribution in [1.82, 2.24) is 0 Å². The normalized spacial score (nSPS) is 12.0. The predicted octanol–water partition coefficient (Wildman–Crippen LogP) is 3.37. The zero-order chi connectivity index (χ0) is 15.4. The van der Waals surface area contributed by atoms with Crippen molar-refractivity contribution in [2.45, 2.75) is 19.6 Å². The highest BCUT2D eigenvalue weighted by atomic mass is 19.1. The van der Waals surface area contributed by atoms with Gasteiger partial charge in [-0.05, 0) is 25.1 Å². The van der Waals surface area contributed by atoms with Gasteiger partial charge in [0.05, 0.1) is 16.6 Å². The Morgan fingerprint density at radius 1 is 1.33 bits per heavy atom. The van der Waals surface area contributed by atoms with Gasteiger partial charge in [-0.3, -0.25) is 10.1 Å². The van der Waals surface area contributed by atoms with Crippen LogP contribution in [0.5, 0.6) is 5.75 Å². The summed E-state index contributed by atoms with van der Waals surface area (Å²) >= 11 is 0. The third kappa shape index (κ3) is 3.55. The first-order chi connectivity index (χ1) is 9.99. The van der Waals surface area contributed by atoms with Crippen molar-refractivity contribution in [3.05, 3.63) is 69.5 Å². The van der Waals surface area contributed by atoms with Gasteiger partial charge in [0.1, 0.15) is 18.2 Å². The molecule has 0 aromatic heterocycles. The second-order valence-corrected chi connectivity index (χ2v) is 4.53. The summed E-state index contributed by atoms with van der Waals surface area (Å²) < 4.78 is 18.7. The molecule has 0 aliphatic carbocycles. The van der Waals surface area contributed by atoms with Crippen molar-refractivity contribution < 1.29 is 19.2 Å². The van der Waals surface area contributed by atoms with Crippen molar-refractivity contribution in [2.24, 2.45) is 0 Å². The molecular formula is C15H14FNO4. The standard InChI is InChI=1S/C15H14FNO4/c1-10(18)13-7-6-12(16)8-15(13)21-9-11-4-2-3-5-14(11)17(19)20/h2-8,10,18H,9H2,1H3/t10-/m1/s1. The van der Waals surface area contributed by atoms with Gasteiger partial charge in [0.2, 0.25) is 0 Å². The molecule has 0 spiro atoms. The first kappa shape index (κ1) is 14.9. The molecule has 0 aliphatic heterocycles. The number of halogens is 1. The third-order valence-corrected chi connectivity index (χ3v) is 3.00. The van der Waals surface area contributed by atoms with E-state index in [1.807, 2.05) is 0 Å². The lowest BCUT2D eigenvalue weighted by Gasteiger charge is -2.13. The zero-order valence-corrected chi connectivity index (χ0v) is 11.3. The molecule has 1 atom stereocenters. The summed E-state index contributed by atoms with van der Waals surface area (Å²) in [6, 6.07) is 9.96. The Kier molecular flexibility index (Phi) is 4.49. The van der Waals surface area contributed by atoms with E-state index in [2.05, 4.69) is 0 Å². The third-order valence-electron chi connectivity index (χ3n) is 3.00. The van der Waals surface area contributed by atoms with Crippen LogP contribution in [0.1, 0.15) is 24.2 Å². The highest BCUT2D eigenvalue weighted by Gasteiger charge is 2.15. The number of aliphatic hydroxyl groups excluding tert-OH is 1. The van der Waals surface area contributed by atoms with Crippen molar-refractivity contribution in [3.63, 3.8) is 0 Å². The van der Waals surface area contributed by atoms with Crippen LogP contribution in [0.4, 0.5) is 10.1 Å². The Labute approximate surface area is 120 Å². The molecule has 21 heavy (non-hydrogen) atoms. The molecule has 0 aliphatic rings. The summed E-state index contributed by atoms with van der Waals surface area (Å²) in [6.45, 7) is 1.45.